The van der Waals surface area contributed by atoms with Gasteiger partial charge in [0.1, 0.15) is 6.07 Å². The van der Waals surface area contributed by atoms with Crippen LogP contribution in [0.1, 0.15) is 50.2 Å². The van der Waals surface area contributed by atoms with E-state index < -0.39 is 11.7 Å². The van der Waals surface area contributed by atoms with Crippen molar-refractivity contribution in [3.63, 3.8) is 0 Å². The maximum atomic E-state index is 12.6. The normalized spacial score (nSPS) is 18.0. The van der Waals surface area contributed by atoms with Gasteiger partial charge in [0, 0.05) is 6.54 Å². The first-order valence-electron chi connectivity index (χ1n) is 7.19. The highest BCUT2D eigenvalue weighted by atomic mass is 19.4. The molecule has 0 spiro atoms. The monoisotopic (exact) mass is 296 g/mol. The van der Waals surface area contributed by atoms with E-state index in [1.54, 1.807) is 0 Å². The zero-order chi connectivity index (χ0) is 15.5. The first kappa shape index (κ1) is 15.7. The van der Waals surface area contributed by atoms with Crippen LogP contribution in [-0.2, 0) is 6.18 Å². The summed E-state index contributed by atoms with van der Waals surface area (Å²) in [4.78, 5) is 0. The van der Waals surface area contributed by atoms with E-state index in [4.69, 9.17) is 5.26 Å². The van der Waals surface area contributed by atoms with Crippen LogP contribution in [0.5, 0.6) is 0 Å². The van der Waals surface area contributed by atoms with Gasteiger partial charge in [0.25, 0.3) is 0 Å². The van der Waals surface area contributed by atoms with Crippen molar-refractivity contribution in [1.29, 1.82) is 5.26 Å². The minimum atomic E-state index is -4.42. The Morgan fingerprint density at radius 1 is 1.24 bits per heavy atom. The summed E-state index contributed by atoms with van der Waals surface area (Å²) in [5.74, 6) is 0. The molecule has 5 heteroatoms. The standard InChI is InChI=1S/C16H19F3N2/c1-15(7-3-2-4-8-15)11-21-14-6-5-13(16(17,18)19)9-12(14)10-20/h5-6,9,21H,2-4,7-8,11H2,1H3. The third kappa shape index (κ3) is 3.90. The van der Waals surface area contributed by atoms with Gasteiger partial charge in [0.15, 0.2) is 0 Å². The first-order valence-corrected chi connectivity index (χ1v) is 7.19. The lowest BCUT2D eigenvalue weighted by molar-refractivity contribution is -0.137. The summed E-state index contributed by atoms with van der Waals surface area (Å²) in [6, 6.07) is 5.13. The number of halogens is 3. The van der Waals surface area contributed by atoms with Gasteiger partial charge in [-0.1, -0.05) is 26.2 Å². The Labute approximate surface area is 123 Å². The first-order chi connectivity index (χ1) is 9.84. The summed E-state index contributed by atoms with van der Waals surface area (Å²) < 4.78 is 37.9. The van der Waals surface area contributed by atoms with Gasteiger partial charge in [0.2, 0.25) is 0 Å². The van der Waals surface area contributed by atoms with Crippen LogP contribution >= 0.6 is 0 Å². The predicted octanol–water partition coefficient (Wildman–Crippen LogP) is 4.96. The largest absolute Gasteiger partial charge is 0.416 e. The van der Waals surface area contributed by atoms with Gasteiger partial charge in [-0.25, -0.2) is 0 Å². The van der Waals surface area contributed by atoms with Crippen LogP contribution in [-0.4, -0.2) is 6.54 Å². The Balaban J connectivity index is 2.12. The third-order valence-corrected chi connectivity index (χ3v) is 4.23. The Kier molecular flexibility index (Phi) is 4.46. The van der Waals surface area contributed by atoms with E-state index >= 15 is 0 Å². The maximum absolute atomic E-state index is 12.6. The second kappa shape index (κ2) is 5.97. The maximum Gasteiger partial charge on any atom is 0.416 e. The average molecular weight is 296 g/mol. The van der Waals surface area contributed by atoms with Gasteiger partial charge in [-0.05, 0) is 36.5 Å². The van der Waals surface area contributed by atoms with Gasteiger partial charge in [-0.3, -0.25) is 0 Å². The second-order valence-corrected chi connectivity index (χ2v) is 6.09. The van der Waals surface area contributed by atoms with Crippen molar-refractivity contribution >= 4 is 5.69 Å². The van der Waals surface area contributed by atoms with Crippen LogP contribution in [0.3, 0.4) is 0 Å². The van der Waals surface area contributed by atoms with Gasteiger partial charge in [0.05, 0.1) is 16.8 Å². The predicted molar refractivity (Wildman–Crippen MR) is 75.8 cm³/mol. The van der Waals surface area contributed by atoms with E-state index in [-0.39, 0.29) is 11.0 Å². The second-order valence-electron chi connectivity index (χ2n) is 6.09. The molecule has 1 N–H and O–H groups in total. The molecule has 0 heterocycles. The fourth-order valence-corrected chi connectivity index (χ4v) is 2.86. The van der Waals surface area contributed by atoms with Crippen molar-refractivity contribution in [2.75, 3.05) is 11.9 Å². The molecule has 0 saturated heterocycles. The molecule has 2 rings (SSSR count). The minimum Gasteiger partial charge on any atom is -0.383 e. The summed E-state index contributed by atoms with van der Waals surface area (Å²) in [6.07, 6.45) is 1.44. The third-order valence-electron chi connectivity index (χ3n) is 4.23. The number of benzene rings is 1. The quantitative estimate of drug-likeness (QED) is 0.855. The number of alkyl halides is 3. The van der Waals surface area contributed by atoms with Crippen LogP contribution in [0.4, 0.5) is 18.9 Å². The van der Waals surface area contributed by atoms with Gasteiger partial charge in [-0.2, -0.15) is 18.4 Å². The molecule has 0 amide bonds. The molecule has 2 nitrogen and oxygen atoms in total. The molecule has 1 aromatic carbocycles. The number of rotatable bonds is 3. The molecular formula is C16H19F3N2. The van der Waals surface area contributed by atoms with Crippen molar-refractivity contribution in [2.24, 2.45) is 5.41 Å². The van der Waals surface area contributed by atoms with Crippen molar-refractivity contribution in [2.45, 2.75) is 45.2 Å². The molecule has 0 aliphatic heterocycles. The average Bonchev–Trinajstić information content (AvgIpc) is 2.45. The van der Waals surface area contributed by atoms with E-state index in [0.717, 1.165) is 25.0 Å². The molecule has 1 fully saturated rings. The van der Waals surface area contributed by atoms with E-state index in [1.807, 2.05) is 6.07 Å². The molecule has 114 valence electrons. The Morgan fingerprint density at radius 2 is 1.90 bits per heavy atom. The van der Waals surface area contributed by atoms with E-state index in [1.165, 1.54) is 25.3 Å². The topological polar surface area (TPSA) is 35.8 Å². The van der Waals surface area contributed by atoms with Gasteiger partial charge in [-0.15, -0.1) is 0 Å². The Bertz CT molecular complexity index is 537. The van der Waals surface area contributed by atoms with Crippen molar-refractivity contribution in [1.82, 2.24) is 0 Å². The lowest BCUT2D eigenvalue weighted by Gasteiger charge is -2.34. The van der Waals surface area contributed by atoms with Crippen LogP contribution in [0, 0.1) is 16.7 Å². The lowest BCUT2D eigenvalue weighted by atomic mass is 9.75. The lowest BCUT2D eigenvalue weighted by Crippen LogP contribution is -2.29. The SMILES string of the molecule is CC1(CNc2ccc(C(F)(F)F)cc2C#N)CCCCC1. The van der Waals surface area contributed by atoms with E-state index in [9.17, 15) is 13.2 Å². The molecule has 0 unspecified atom stereocenters. The van der Waals surface area contributed by atoms with Crippen LogP contribution in [0.2, 0.25) is 0 Å². The van der Waals surface area contributed by atoms with Crippen LogP contribution < -0.4 is 5.32 Å². The Hall–Kier alpha value is -1.70. The summed E-state index contributed by atoms with van der Waals surface area (Å²) in [5.41, 5.74) is -0.0942. The zero-order valence-corrected chi connectivity index (χ0v) is 12.1. The number of anilines is 1. The van der Waals surface area contributed by atoms with Gasteiger partial charge >= 0.3 is 6.18 Å². The smallest absolute Gasteiger partial charge is 0.383 e. The summed E-state index contributed by atoms with van der Waals surface area (Å²) in [7, 11) is 0. The number of nitrogens with one attached hydrogen (secondary N) is 1. The number of nitrogens with zero attached hydrogens (tertiary/aromatic N) is 1. The summed E-state index contributed by atoms with van der Waals surface area (Å²) in [6.45, 7) is 2.88. The summed E-state index contributed by atoms with van der Waals surface area (Å²) >= 11 is 0. The molecule has 1 aromatic rings. The molecule has 0 bridgehead atoms. The highest BCUT2D eigenvalue weighted by Crippen LogP contribution is 2.36. The molecule has 0 atom stereocenters. The number of nitriles is 1. The number of hydrogen-bond donors (Lipinski definition) is 1. The minimum absolute atomic E-state index is 0.0456. The molecular weight excluding hydrogens is 277 g/mol. The van der Waals surface area contributed by atoms with Crippen molar-refractivity contribution in [3.05, 3.63) is 29.3 Å². The summed E-state index contributed by atoms with van der Waals surface area (Å²) in [5, 5.41) is 12.2. The molecule has 1 saturated carbocycles. The number of hydrogen-bond acceptors (Lipinski definition) is 2. The van der Waals surface area contributed by atoms with Crippen molar-refractivity contribution in [3.8, 4) is 6.07 Å². The van der Waals surface area contributed by atoms with Crippen LogP contribution in [0.15, 0.2) is 18.2 Å². The van der Waals surface area contributed by atoms with Gasteiger partial charge < -0.3 is 5.32 Å². The Morgan fingerprint density at radius 3 is 2.48 bits per heavy atom. The zero-order valence-electron chi connectivity index (χ0n) is 12.1. The molecule has 1 aliphatic rings. The molecule has 1 aliphatic carbocycles. The fraction of sp³-hybridized carbons (Fsp3) is 0.562. The fourth-order valence-electron chi connectivity index (χ4n) is 2.86. The highest BCUT2D eigenvalue weighted by Gasteiger charge is 2.31. The molecule has 0 radical (unpaired) electrons. The van der Waals surface area contributed by atoms with E-state index in [0.29, 0.717) is 12.2 Å². The van der Waals surface area contributed by atoms with E-state index in [2.05, 4.69) is 12.2 Å². The van der Waals surface area contributed by atoms with Crippen LogP contribution in [0.25, 0.3) is 0 Å². The molecule has 21 heavy (non-hydrogen) atoms. The highest BCUT2D eigenvalue weighted by molar-refractivity contribution is 5.59. The molecule has 0 aromatic heterocycles. The van der Waals surface area contributed by atoms with Crippen molar-refractivity contribution < 1.29 is 13.2 Å².